The molecule has 0 aliphatic carbocycles. The van der Waals surface area contributed by atoms with Crippen LogP contribution in [-0.2, 0) is 0 Å². The molecule has 1 aliphatic rings. The van der Waals surface area contributed by atoms with Gasteiger partial charge >= 0.3 is 0 Å². The van der Waals surface area contributed by atoms with E-state index in [4.69, 9.17) is 0 Å². The molecule has 1 unspecified atom stereocenters. The topological polar surface area (TPSA) is 18.5 Å². The number of likely N-dealkylation sites (N-methyl/N-ethyl adjacent to an activating group) is 1. The molecule has 1 rings (SSSR count). The highest BCUT2D eigenvalue weighted by Crippen LogP contribution is 2.13. The Morgan fingerprint density at radius 1 is 1.31 bits per heavy atom. The summed E-state index contributed by atoms with van der Waals surface area (Å²) in [5, 5.41) is 3.56. The van der Waals surface area contributed by atoms with Gasteiger partial charge in [0.25, 0.3) is 0 Å². The monoisotopic (exact) mass is 227 g/mol. The quantitative estimate of drug-likeness (QED) is 0.783. The molecule has 16 heavy (non-hydrogen) atoms. The molecular formula is C13H29N3. The predicted octanol–water partition coefficient (Wildman–Crippen LogP) is 1.40. The summed E-state index contributed by atoms with van der Waals surface area (Å²) in [5.41, 5.74) is 0.247. The maximum atomic E-state index is 3.56. The Morgan fingerprint density at radius 2 is 2.00 bits per heavy atom. The van der Waals surface area contributed by atoms with Gasteiger partial charge in [0.2, 0.25) is 0 Å². The van der Waals surface area contributed by atoms with Gasteiger partial charge < -0.3 is 15.1 Å². The van der Waals surface area contributed by atoms with E-state index in [0.29, 0.717) is 0 Å². The number of likely N-dealkylation sites (tertiary alicyclic amines) is 1. The second-order valence-corrected chi connectivity index (χ2v) is 6.24. The van der Waals surface area contributed by atoms with Gasteiger partial charge in [-0.05, 0) is 54.3 Å². The van der Waals surface area contributed by atoms with Crippen LogP contribution in [0.25, 0.3) is 0 Å². The maximum absolute atomic E-state index is 3.56. The van der Waals surface area contributed by atoms with Crippen LogP contribution in [0.1, 0.15) is 33.6 Å². The SMILES string of the molecule is CN(C)C1CCCN(CCNC(C)(C)C)C1. The van der Waals surface area contributed by atoms with E-state index in [1.165, 1.54) is 32.5 Å². The number of hydrogen-bond donors (Lipinski definition) is 1. The summed E-state index contributed by atoms with van der Waals surface area (Å²) in [6.07, 6.45) is 2.70. The van der Waals surface area contributed by atoms with E-state index in [1.54, 1.807) is 0 Å². The van der Waals surface area contributed by atoms with Crippen molar-refractivity contribution in [2.24, 2.45) is 0 Å². The Morgan fingerprint density at radius 3 is 2.56 bits per heavy atom. The lowest BCUT2D eigenvalue weighted by Gasteiger charge is -2.36. The van der Waals surface area contributed by atoms with E-state index in [9.17, 15) is 0 Å². The number of nitrogens with one attached hydrogen (secondary N) is 1. The van der Waals surface area contributed by atoms with E-state index in [-0.39, 0.29) is 5.54 Å². The molecule has 0 spiro atoms. The Hall–Kier alpha value is -0.120. The van der Waals surface area contributed by atoms with Gasteiger partial charge in [0.05, 0.1) is 0 Å². The predicted molar refractivity (Wildman–Crippen MR) is 70.9 cm³/mol. The zero-order valence-corrected chi connectivity index (χ0v) is 11.7. The highest BCUT2D eigenvalue weighted by Gasteiger charge is 2.21. The fourth-order valence-electron chi connectivity index (χ4n) is 2.24. The van der Waals surface area contributed by atoms with Gasteiger partial charge in [0.15, 0.2) is 0 Å². The molecule has 0 radical (unpaired) electrons. The number of piperidine rings is 1. The van der Waals surface area contributed by atoms with Crippen LogP contribution in [-0.4, -0.2) is 61.7 Å². The van der Waals surface area contributed by atoms with Crippen LogP contribution < -0.4 is 5.32 Å². The normalized spacial score (nSPS) is 24.0. The molecule has 1 atom stereocenters. The van der Waals surface area contributed by atoms with Gasteiger partial charge in [-0.2, -0.15) is 0 Å². The van der Waals surface area contributed by atoms with Crippen molar-refractivity contribution in [2.75, 3.05) is 40.3 Å². The second-order valence-electron chi connectivity index (χ2n) is 6.24. The Balaban J connectivity index is 2.22. The molecule has 96 valence electrons. The number of hydrogen-bond acceptors (Lipinski definition) is 3. The standard InChI is InChI=1S/C13H29N3/c1-13(2,3)14-8-10-16-9-6-7-12(11-16)15(4)5/h12,14H,6-11H2,1-5H3. The molecule has 0 aromatic heterocycles. The first-order valence-corrected chi connectivity index (χ1v) is 6.52. The lowest BCUT2D eigenvalue weighted by Crippen LogP contribution is -2.48. The zero-order valence-electron chi connectivity index (χ0n) is 11.7. The van der Waals surface area contributed by atoms with E-state index < -0.39 is 0 Å². The first kappa shape index (κ1) is 13.9. The van der Waals surface area contributed by atoms with Crippen molar-refractivity contribution in [2.45, 2.75) is 45.2 Å². The van der Waals surface area contributed by atoms with Gasteiger partial charge in [-0.1, -0.05) is 0 Å². The third kappa shape index (κ3) is 5.28. The minimum Gasteiger partial charge on any atom is -0.311 e. The third-order valence-electron chi connectivity index (χ3n) is 3.29. The van der Waals surface area contributed by atoms with Crippen LogP contribution >= 0.6 is 0 Å². The molecule has 0 saturated carbocycles. The molecule has 0 aromatic carbocycles. The van der Waals surface area contributed by atoms with Crippen molar-refractivity contribution in [1.29, 1.82) is 0 Å². The smallest absolute Gasteiger partial charge is 0.0217 e. The minimum absolute atomic E-state index is 0.247. The summed E-state index contributed by atoms with van der Waals surface area (Å²) in [4.78, 5) is 4.95. The average molecular weight is 227 g/mol. The molecular weight excluding hydrogens is 198 g/mol. The summed E-state index contributed by atoms with van der Waals surface area (Å²) in [6.45, 7) is 11.5. The van der Waals surface area contributed by atoms with Crippen LogP contribution in [0.2, 0.25) is 0 Å². The molecule has 1 N–H and O–H groups in total. The van der Waals surface area contributed by atoms with Crippen LogP contribution in [0.5, 0.6) is 0 Å². The van der Waals surface area contributed by atoms with Crippen molar-refractivity contribution in [3.63, 3.8) is 0 Å². The lowest BCUT2D eigenvalue weighted by atomic mass is 10.0. The fourth-order valence-corrected chi connectivity index (χ4v) is 2.24. The van der Waals surface area contributed by atoms with E-state index in [0.717, 1.165) is 12.6 Å². The highest BCUT2D eigenvalue weighted by molar-refractivity contribution is 4.79. The van der Waals surface area contributed by atoms with Gasteiger partial charge in [-0.15, -0.1) is 0 Å². The van der Waals surface area contributed by atoms with Gasteiger partial charge in [-0.3, -0.25) is 0 Å². The first-order valence-electron chi connectivity index (χ1n) is 6.52. The second kappa shape index (κ2) is 5.99. The van der Waals surface area contributed by atoms with Gasteiger partial charge in [-0.25, -0.2) is 0 Å². The Kier molecular flexibility index (Phi) is 5.22. The largest absolute Gasteiger partial charge is 0.311 e. The van der Waals surface area contributed by atoms with Crippen molar-refractivity contribution in [3.8, 4) is 0 Å². The van der Waals surface area contributed by atoms with Crippen LogP contribution in [0.4, 0.5) is 0 Å². The summed E-state index contributed by atoms with van der Waals surface area (Å²) in [6, 6.07) is 0.753. The molecule has 1 fully saturated rings. The van der Waals surface area contributed by atoms with Crippen molar-refractivity contribution in [3.05, 3.63) is 0 Å². The summed E-state index contributed by atoms with van der Waals surface area (Å²) >= 11 is 0. The molecule has 1 aliphatic heterocycles. The third-order valence-corrected chi connectivity index (χ3v) is 3.29. The number of rotatable bonds is 4. The maximum Gasteiger partial charge on any atom is 0.0217 e. The highest BCUT2D eigenvalue weighted by atomic mass is 15.2. The van der Waals surface area contributed by atoms with Gasteiger partial charge in [0.1, 0.15) is 0 Å². The summed E-state index contributed by atoms with van der Waals surface area (Å²) in [5.74, 6) is 0. The minimum atomic E-state index is 0.247. The molecule has 3 nitrogen and oxygen atoms in total. The lowest BCUT2D eigenvalue weighted by molar-refractivity contribution is 0.132. The molecule has 3 heteroatoms. The first-order chi connectivity index (χ1) is 7.38. The zero-order chi connectivity index (χ0) is 12.2. The molecule has 1 heterocycles. The number of nitrogens with zero attached hydrogens (tertiary/aromatic N) is 2. The van der Waals surface area contributed by atoms with E-state index in [2.05, 4.69) is 50.0 Å². The van der Waals surface area contributed by atoms with Crippen LogP contribution in [0.3, 0.4) is 0 Å². The summed E-state index contributed by atoms with van der Waals surface area (Å²) < 4.78 is 0. The Bertz CT molecular complexity index is 196. The summed E-state index contributed by atoms with van der Waals surface area (Å²) in [7, 11) is 4.39. The molecule has 0 amide bonds. The van der Waals surface area contributed by atoms with Crippen molar-refractivity contribution in [1.82, 2.24) is 15.1 Å². The van der Waals surface area contributed by atoms with E-state index in [1.807, 2.05) is 0 Å². The van der Waals surface area contributed by atoms with Crippen LogP contribution in [0.15, 0.2) is 0 Å². The van der Waals surface area contributed by atoms with Crippen molar-refractivity contribution < 1.29 is 0 Å². The van der Waals surface area contributed by atoms with Crippen molar-refractivity contribution >= 4 is 0 Å². The van der Waals surface area contributed by atoms with Gasteiger partial charge in [0, 0.05) is 31.2 Å². The molecule has 1 saturated heterocycles. The molecule has 0 bridgehead atoms. The van der Waals surface area contributed by atoms with E-state index >= 15 is 0 Å². The average Bonchev–Trinajstić information content (AvgIpc) is 2.16. The fraction of sp³-hybridized carbons (Fsp3) is 1.00. The molecule has 0 aromatic rings. The van der Waals surface area contributed by atoms with Crippen LogP contribution in [0, 0.1) is 0 Å². The Labute approximate surface area is 101 Å².